The lowest BCUT2D eigenvalue weighted by Crippen LogP contribution is -2.53. The number of aromatic nitrogens is 2. The van der Waals surface area contributed by atoms with Crippen molar-refractivity contribution in [1.29, 1.82) is 5.26 Å². The number of aryl methyl sites for hydroxylation is 1. The summed E-state index contributed by atoms with van der Waals surface area (Å²) < 4.78 is 0. The fourth-order valence-electron chi connectivity index (χ4n) is 2.80. The maximum absolute atomic E-state index is 12.5. The number of hydrogen-bond acceptors (Lipinski definition) is 5. The Morgan fingerprint density at radius 1 is 1.25 bits per heavy atom. The van der Waals surface area contributed by atoms with Gasteiger partial charge in [0.05, 0.1) is 24.5 Å². The Hall–Kier alpha value is -2.78. The molecule has 0 saturated carbocycles. The van der Waals surface area contributed by atoms with Crippen LogP contribution in [0.3, 0.4) is 0 Å². The molecule has 0 unspecified atom stereocenters. The largest absolute Gasteiger partial charge is 0.333 e. The molecular weight excluding hydrogens is 302 g/mol. The summed E-state index contributed by atoms with van der Waals surface area (Å²) in [6.07, 6.45) is 3.08. The van der Waals surface area contributed by atoms with Crippen molar-refractivity contribution in [3.8, 4) is 6.07 Å². The lowest BCUT2D eigenvalue weighted by Gasteiger charge is -2.38. The van der Waals surface area contributed by atoms with Crippen molar-refractivity contribution in [2.24, 2.45) is 0 Å². The van der Waals surface area contributed by atoms with Gasteiger partial charge < -0.3 is 4.90 Å². The minimum Gasteiger partial charge on any atom is -0.333 e. The van der Waals surface area contributed by atoms with Crippen LogP contribution in [0.5, 0.6) is 0 Å². The zero-order valence-corrected chi connectivity index (χ0v) is 13.6. The summed E-state index contributed by atoms with van der Waals surface area (Å²) in [6.45, 7) is 4.18. The molecule has 1 atom stereocenters. The molecule has 1 saturated heterocycles. The van der Waals surface area contributed by atoms with Gasteiger partial charge in [0.2, 0.25) is 0 Å². The Balaban J connectivity index is 1.67. The van der Waals surface area contributed by atoms with Crippen LogP contribution >= 0.6 is 0 Å². The second-order valence-electron chi connectivity index (χ2n) is 5.90. The number of hydrogen-bond donors (Lipinski definition) is 0. The Kier molecular flexibility index (Phi) is 4.82. The molecule has 1 aromatic carbocycles. The van der Waals surface area contributed by atoms with Crippen molar-refractivity contribution < 1.29 is 4.79 Å². The highest BCUT2D eigenvalue weighted by Gasteiger charge is 2.30. The lowest BCUT2D eigenvalue weighted by atomic mass is 10.1. The second kappa shape index (κ2) is 7.20. The van der Waals surface area contributed by atoms with Crippen LogP contribution in [-0.4, -0.2) is 51.4 Å². The molecule has 0 spiro atoms. The third kappa shape index (κ3) is 3.58. The van der Waals surface area contributed by atoms with Crippen molar-refractivity contribution in [1.82, 2.24) is 19.8 Å². The third-order valence-corrected chi connectivity index (χ3v) is 4.16. The molecule has 1 aromatic heterocycles. The molecule has 1 fully saturated rings. The molecule has 2 aromatic rings. The van der Waals surface area contributed by atoms with Crippen molar-refractivity contribution >= 4 is 5.91 Å². The number of carbonyl (C=O) groups excluding carboxylic acids is 1. The van der Waals surface area contributed by atoms with Crippen LogP contribution in [0.15, 0.2) is 42.7 Å². The average Bonchev–Trinajstić information content (AvgIpc) is 2.63. The van der Waals surface area contributed by atoms with Crippen LogP contribution in [0.2, 0.25) is 0 Å². The quantitative estimate of drug-likeness (QED) is 0.859. The van der Waals surface area contributed by atoms with Gasteiger partial charge in [-0.1, -0.05) is 30.3 Å². The molecule has 24 heavy (non-hydrogen) atoms. The maximum Gasteiger partial charge on any atom is 0.274 e. The minimum absolute atomic E-state index is 0.165. The lowest BCUT2D eigenvalue weighted by molar-refractivity contribution is 0.0546. The molecule has 6 nitrogen and oxygen atoms in total. The fraction of sp³-hybridized carbons (Fsp3) is 0.333. The van der Waals surface area contributed by atoms with E-state index in [-0.39, 0.29) is 11.9 Å². The number of amides is 1. The molecule has 3 rings (SSSR count). The van der Waals surface area contributed by atoms with E-state index in [4.69, 9.17) is 0 Å². The van der Waals surface area contributed by atoms with E-state index >= 15 is 0 Å². The summed E-state index contributed by atoms with van der Waals surface area (Å²) in [5.74, 6) is -0.165. The first-order chi connectivity index (χ1) is 11.7. The third-order valence-electron chi connectivity index (χ3n) is 4.16. The summed E-state index contributed by atoms with van der Waals surface area (Å²) in [5.41, 5.74) is 2.27. The van der Waals surface area contributed by atoms with Gasteiger partial charge >= 0.3 is 0 Å². The Morgan fingerprint density at radius 2 is 2.04 bits per heavy atom. The van der Waals surface area contributed by atoms with E-state index in [2.05, 4.69) is 20.9 Å². The predicted molar refractivity (Wildman–Crippen MR) is 88.9 cm³/mol. The first kappa shape index (κ1) is 16.1. The van der Waals surface area contributed by atoms with Gasteiger partial charge in [-0.25, -0.2) is 4.98 Å². The van der Waals surface area contributed by atoms with Crippen LogP contribution < -0.4 is 0 Å². The topological polar surface area (TPSA) is 73.1 Å². The van der Waals surface area contributed by atoms with Crippen molar-refractivity contribution in [3.05, 3.63) is 59.7 Å². The Morgan fingerprint density at radius 3 is 2.71 bits per heavy atom. The fourth-order valence-corrected chi connectivity index (χ4v) is 2.80. The van der Waals surface area contributed by atoms with Gasteiger partial charge in [0.15, 0.2) is 0 Å². The summed E-state index contributed by atoms with van der Waals surface area (Å²) in [5, 5.41) is 9.49. The van der Waals surface area contributed by atoms with Crippen LogP contribution in [0.25, 0.3) is 0 Å². The van der Waals surface area contributed by atoms with Gasteiger partial charge in [-0.05, 0) is 12.5 Å². The molecule has 2 heterocycles. The standard InChI is InChI=1S/C18H19N5O/c1-14-10-21-17(11-20-14)18(24)23-8-7-22(16(9-19)13-23)12-15-5-3-2-4-6-15/h2-6,10-11,16H,7-8,12-13H2,1H3/t16-/m0/s1. The molecule has 1 aliphatic rings. The number of benzene rings is 1. The molecule has 1 amide bonds. The molecule has 122 valence electrons. The molecule has 0 bridgehead atoms. The minimum atomic E-state index is -0.318. The highest BCUT2D eigenvalue weighted by Crippen LogP contribution is 2.15. The van der Waals surface area contributed by atoms with Gasteiger partial charge in [0.1, 0.15) is 11.7 Å². The molecule has 0 radical (unpaired) electrons. The van der Waals surface area contributed by atoms with E-state index < -0.39 is 0 Å². The van der Waals surface area contributed by atoms with Crippen LogP contribution in [0.1, 0.15) is 21.7 Å². The first-order valence-corrected chi connectivity index (χ1v) is 7.93. The van der Waals surface area contributed by atoms with Crippen LogP contribution in [-0.2, 0) is 6.54 Å². The van der Waals surface area contributed by atoms with E-state index in [0.717, 1.165) is 5.69 Å². The molecule has 0 N–H and O–H groups in total. The SMILES string of the molecule is Cc1cnc(C(=O)N2CCN(Cc3ccccc3)[C@@H](C#N)C2)cn1. The summed E-state index contributed by atoms with van der Waals surface area (Å²) >= 11 is 0. The van der Waals surface area contributed by atoms with Gasteiger partial charge in [-0.2, -0.15) is 5.26 Å². The Labute approximate surface area is 141 Å². The Bertz CT molecular complexity index is 738. The van der Waals surface area contributed by atoms with Gasteiger partial charge in [-0.15, -0.1) is 0 Å². The maximum atomic E-state index is 12.5. The molecule has 6 heteroatoms. The number of rotatable bonds is 3. The van der Waals surface area contributed by atoms with Crippen molar-refractivity contribution in [2.45, 2.75) is 19.5 Å². The number of nitrogens with zero attached hydrogens (tertiary/aromatic N) is 5. The van der Waals surface area contributed by atoms with Crippen LogP contribution in [0.4, 0.5) is 0 Å². The second-order valence-corrected chi connectivity index (χ2v) is 5.90. The molecular formula is C18H19N5O. The van der Waals surface area contributed by atoms with E-state index in [9.17, 15) is 10.1 Å². The number of piperazine rings is 1. The van der Waals surface area contributed by atoms with Crippen molar-refractivity contribution in [3.63, 3.8) is 0 Å². The van der Waals surface area contributed by atoms with Crippen LogP contribution in [0, 0.1) is 18.3 Å². The summed E-state index contributed by atoms with van der Waals surface area (Å²) in [7, 11) is 0. The highest BCUT2D eigenvalue weighted by atomic mass is 16.2. The van der Waals surface area contributed by atoms with Gasteiger partial charge in [-0.3, -0.25) is 14.7 Å². The number of nitriles is 1. The summed E-state index contributed by atoms with van der Waals surface area (Å²) in [4.78, 5) is 24.6. The molecule has 1 aliphatic heterocycles. The van der Waals surface area contributed by atoms with Crippen molar-refractivity contribution in [2.75, 3.05) is 19.6 Å². The first-order valence-electron chi connectivity index (χ1n) is 7.93. The van der Waals surface area contributed by atoms with E-state index in [1.807, 2.05) is 37.3 Å². The summed E-state index contributed by atoms with van der Waals surface area (Å²) in [6, 6.07) is 12.1. The average molecular weight is 321 g/mol. The highest BCUT2D eigenvalue weighted by molar-refractivity contribution is 5.92. The monoisotopic (exact) mass is 321 g/mol. The number of carbonyl (C=O) groups is 1. The van der Waals surface area contributed by atoms with Gasteiger partial charge in [0.25, 0.3) is 5.91 Å². The van der Waals surface area contributed by atoms with E-state index in [0.29, 0.717) is 31.9 Å². The zero-order chi connectivity index (χ0) is 16.9. The zero-order valence-electron chi connectivity index (χ0n) is 13.6. The smallest absolute Gasteiger partial charge is 0.274 e. The van der Waals surface area contributed by atoms with Gasteiger partial charge in [0, 0.05) is 25.8 Å². The molecule has 0 aliphatic carbocycles. The normalized spacial score (nSPS) is 18.2. The van der Waals surface area contributed by atoms with E-state index in [1.54, 1.807) is 11.1 Å². The predicted octanol–water partition coefficient (Wildman–Crippen LogP) is 1.64. The van der Waals surface area contributed by atoms with E-state index in [1.165, 1.54) is 11.8 Å².